The van der Waals surface area contributed by atoms with Crippen molar-refractivity contribution in [3.05, 3.63) is 16.8 Å². The van der Waals surface area contributed by atoms with E-state index in [0.29, 0.717) is 0 Å². The molecule has 0 unspecified atom stereocenters. The third kappa shape index (κ3) is 2.70. The third-order valence-corrected chi connectivity index (χ3v) is 4.02. The second kappa shape index (κ2) is 6.01. The van der Waals surface area contributed by atoms with Gasteiger partial charge in [-0.05, 0) is 37.2 Å². The van der Waals surface area contributed by atoms with Gasteiger partial charge >= 0.3 is 0 Å². The van der Waals surface area contributed by atoms with Gasteiger partial charge in [0.1, 0.15) is 11.6 Å². The molecule has 0 aliphatic carbocycles. The second-order valence-electron chi connectivity index (χ2n) is 5.31. The van der Waals surface area contributed by atoms with Crippen LogP contribution in [0.4, 0.5) is 5.82 Å². The molecule has 0 bridgehead atoms. The summed E-state index contributed by atoms with van der Waals surface area (Å²) in [5, 5.41) is 18.1. The van der Waals surface area contributed by atoms with Crippen LogP contribution in [0.1, 0.15) is 50.4 Å². The van der Waals surface area contributed by atoms with Gasteiger partial charge in [0.25, 0.3) is 0 Å². The van der Waals surface area contributed by atoms with Gasteiger partial charge in [-0.15, -0.1) is 5.10 Å². The zero-order valence-corrected chi connectivity index (χ0v) is 12.1. The van der Waals surface area contributed by atoms with Crippen LogP contribution in [0.3, 0.4) is 0 Å². The molecule has 0 amide bonds. The van der Waals surface area contributed by atoms with Crippen molar-refractivity contribution >= 4 is 5.82 Å². The molecule has 2 rings (SSSR count). The fraction of sp³-hybridized carbons (Fsp3) is 0.667. The summed E-state index contributed by atoms with van der Waals surface area (Å²) in [4.78, 5) is 2.23. The Balaban J connectivity index is 2.38. The fourth-order valence-electron chi connectivity index (χ4n) is 2.72. The van der Waals surface area contributed by atoms with E-state index in [4.69, 9.17) is 0 Å². The molecule has 0 radical (unpaired) electrons. The molecular formula is C15H22N4. The highest BCUT2D eigenvalue weighted by Gasteiger charge is 2.22. The normalized spacial score (nSPS) is 16.4. The first-order chi connectivity index (χ1) is 9.21. The van der Waals surface area contributed by atoms with Crippen molar-refractivity contribution in [3.8, 4) is 6.07 Å². The molecule has 0 aromatic carbocycles. The van der Waals surface area contributed by atoms with Crippen LogP contribution in [0.25, 0.3) is 0 Å². The quantitative estimate of drug-likeness (QED) is 0.836. The van der Waals surface area contributed by atoms with Crippen molar-refractivity contribution in [3.63, 3.8) is 0 Å². The number of rotatable bonds is 3. The summed E-state index contributed by atoms with van der Waals surface area (Å²) < 4.78 is 0. The maximum absolute atomic E-state index is 9.49. The maximum Gasteiger partial charge on any atom is 0.169 e. The lowest BCUT2D eigenvalue weighted by atomic mass is 9.98. The molecule has 1 aromatic rings. The van der Waals surface area contributed by atoms with Crippen LogP contribution < -0.4 is 4.90 Å². The van der Waals surface area contributed by atoms with E-state index in [0.717, 1.165) is 54.5 Å². The van der Waals surface area contributed by atoms with Gasteiger partial charge in [0.15, 0.2) is 5.82 Å². The molecule has 102 valence electrons. The van der Waals surface area contributed by atoms with Crippen molar-refractivity contribution in [2.75, 3.05) is 18.0 Å². The Labute approximate surface area is 115 Å². The van der Waals surface area contributed by atoms with Gasteiger partial charge in [0.2, 0.25) is 0 Å². The number of aromatic nitrogens is 2. The van der Waals surface area contributed by atoms with Gasteiger partial charge in [-0.25, -0.2) is 0 Å². The predicted octanol–water partition coefficient (Wildman–Crippen LogP) is 2.71. The van der Waals surface area contributed by atoms with Gasteiger partial charge in [-0.2, -0.15) is 10.4 Å². The average molecular weight is 258 g/mol. The lowest BCUT2D eigenvalue weighted by Crippen LogP contribution is -2.34. The smallest absolute Gasteiger partial charge is 0.169 e. The third-order valence-electron chi connectivity index (χ3n) is 4.02. The molecule has 1 aliphatic heterocycles. The summed E-state index contributed by atoms with van der Waals surface area (Å²) in [7, 11) is 0. The summed E-state index contributed by atoms with van der Waals surface area (Å²) in [6, 6.07) is 2.35. The van der Waals surface area contributed by atoms with E-state index >= 15 is 0 Å². The van der Waals surface area contributed by atoms with Crippen LogP contribution in [0, 0.1) is 17.2 Å². The van der Waals surface area contributed by atoms with Crippen LogP contribution >= 0.6 is 0 Å². The first-order valence-electron chi connectivity index (χ1n) is 7.24. The number of piperidine rings is 1. The molecule has 1 saturated heterocycles. The Kier molecular flexibility index (Phi) is 4.36. The number of nitriles is 1. The van der Waals surface area contributed by atoms with Crippen molar-refractivity contribution in [2.45, 2.75) is 46.5 Å². The molecule has 4 nitrogen and oxygen atoms in total. The van der Waals surface area contributed by atoms with E-state index in [2.05, 4.69) is 41.9 Å². The standard InChI is InChI=1S/C15H22N4/c1-4-12-13(10-16)15(18-17-14(12)5-2)19-8-6-11(3)7-9-19/h11H,4-9H2,1-3H3. The van der Waals surface area contributed by atoms with Crippen LogP contribution in [-0.4, -0.2) is 23.3 Å². The molecule has 1 aromatic heterocycles. The average Bonchev–Trinajstić information content (AvgIpc) is 2.46. The molecule has 2 heterocycles. The highest BCUT2D eigenvalue weighted by Crippen LogP contribution is 2.27. The Morgan fingerprint density at radius 3 is 2.42 bits per heavy atom. The van der Waals surface area contributed by atoms with Crippen LogP contribution in [0.15, 0.2) is 0 Å². The largest absolute Gasteiger partial charge is 0.354 e. The summed E-state index contributed by atoms with van der Waals surface area (Å²) >= 11 is 0. The minimum atomic E-state index is 0.740. The molecule has 1 fully saturated rings. The van der Waals surface area contributed by atoms with Crippen molar-refractivity contribution < 1.29 is 0 Å². The zero-order valence-electron chi connectivity index (χ0n) is 12.1. The van der Waals surface area contributed by atoms with Crippen molar-refractivity contribution in [2.24, 2.45) is 5.92 Å². The Bertz CT molecular complexity index is 482. The number of nitrogens with zero attached hydrogens (tertiary/aromatic N) is 4. The lowest BCUT2D eigenvalue weighted by Gasteiger charge is -2.31. The molecule has 0 atom stereocenters. The van der Waals surface area contributed by atoms with Gasteiger partial charge in [-0.1, -0.05) is 20.8 Å². The lowest BCUT2D eigenvalue weighted by molar-refractivity contribution is 0.435. The minimum Gasteiger partial charge on any atom is -0.354 e. The molecule has 0 spiro atoms. The summed E-state index contributed by atoms with van der Waals surface area (Å²) in [5.74, 6) is 1.57. The van der Waals surface area contributed by atoms with Crippen LogP contribution in [0.2, 0.25) is 0 Å². The van der Waals surface area contributed by atoms with Gasteiger partial charge < -0.3 is 4.90 Å². The van der Waals surface area contributed by atoms with E-state index < -0.39 is 0 Å². The van der Waals surface area contributed by atoms with E-state index in [1.807, 2.05) is 0 Å². The summed E-state index contributed by atoms with van der Waals surface area (Å²) in [5.41, 5.74) is 2.78. The molecular weight excluding hydrogens is 236 g/mol. The van der Waals surface area contributed by atoms with Gasteiger partial charge in [0, 0.05) is 13.1 Å². The number of anilines is 1. The van der Waals surface area contributed by atoms with Gasteiger partial charge in [0.05, 0.1) is 5.69 Å². The van der Waals surface area contributed by atoms with Crippen LogP contribution in [0.5, 0.6) is 0 Å². The highest BCUT2D eigenvalue weighted by atomic mass is 15.3. The Hall–Kier alpha value is -1.63. The van der Waals surface area contributed by atoms with E-state index in [9.17, 15) is 5.26 Å². The SMILES string of the molecule is CCc1nnc(N2CCC(C)CC2)c(C#N)c1CC. The maximum atomic E-state index is 9.49. The fourth-order valence-corrected chi connectivity index (χ4v) is 2.72. The van der Waals surface area contributed by atoms with Gasteiger partial charge in [-0.3, -0.25) is 0 Å². The summed E-state index contributed by atoms with van der Waals surface area (Å²) in [6.07, 6.45) is 4.02. The molecule has 0 N–H and O–H groups in total. The van der Waals surface area contributed by atoms with Crippen molar-refractivity contribution in [1.29, 1.82) is 5.26 Å². The monoisotopic (exact) mass is 258 g/mol. The van der Waals surface area contributed by atoms with E-state index in [1.165, 1.54) is 12.8 Å². The molecule has 1 aliphatic rings. The molecule has 19 heavy (non-hydrogen) atoms. The second-order valence-corrected chi connectivity index (χ2v) is 5.31. The minimum absolute atomic E-state index is 0.740. The molecule has 0 saturated carbocycles. The first kappa shape index (κ1) is 13.8. The number of aryl methyl sites for hydroxylation is 1. The zero-order chi connectivity index (χ0) is 13.8. The Morgan fingerprint density at radius 1 is 1.21 bits per heavy atom. The number of hydrogen-bond acceptors (Lipinski definition) is 4. The first-order valence-corrected chi connectivity index (χ1v) is 7.24. The molecule has 4 heteroatoms. The highest BCUT2D eigenvalue weighted by molar-refractivity contribution is 5.58. The summed E-state index contributed by atoms with van der Waals surface area (Å²) in [6.45, 7) is 8.40. The van der Waals surface area contributed by atoms with Crippen molar-refractivity contribution in [1.82, 2.24) is 10.2 Å². The van der Waals surface area contributed by atoms with Crippen LogP contribution in [-0.2, 0) is 12.8 Å². The predicted molar refractivity (Wildman–Crippen MR) is 76.1 cm³/mol. The Morgan fingerprint density at radius 2 is 1.89 bits per heavy atom. The van der Waals surface area contributed by atoms with E-state index in [1.54, 1.807) is 0 Å². The van der Waals surface area contributed by atoms with E-state index in [-0.39, 0.29) is 0 Å². The topological polar surface area (TPSA) is 52.8 Å². The number of hydrogen-bond donors (Lipinski definition) is 0.